The highest BCUT2D eigenvalue weighted by molar-refractivity contribution is 7.15. The second-order valence-corrected chi connectivity index (χ2v) is 6.99. The van der Waals surface area contributed by atoms with Crippen LogP contribution < -0.4 is 5.32 Å². The Bertz CT molecular complexity index is 462. The number of aryl methyl sites for hydroxylation is 2. The molecule has 1 aromatic heterocycles. The van der Waals surface area contributed by atoms with Gasteiger partial charge in [-0.05, 0) is 32.6 Å². The van der Waals surface area contributed by atoms with Gasteiger partial charge in [0.25, 0.3) is 5.91 Å². The minimum absolute atomic E-state index is 0.105. The number of amides is 1. The van der Waals surface area contributed by atoms with Crippen LogP contribution in [0.1, 0.15) is 37.3 Å². The Kier molecular flexibility index (Phi) is 5.72. The van der Waals surface area contributed by atoms with Crippen LogP contribution in [0.4, 0.5) is 5.13 Å². The van der Waals surface area contributed by atoms with Crippen molar-refractivity contribution in [2.24, 2.45) is 5.92 Å². The van der Waals surface area contributed by atoms with E-state index in [2.05, 4.69) is 10.3 Å². The maximum atomic E-state index is 12.4. The summed E-state index contributed by atoms with van der Waals surface area (Å²) in [6, 6.07) is 0. The second-order valence-electron chi connectivity index (χ2n) is 5.78. The van der Waals surface area contributed by atoms with Gasteiger partial charge in [-0.2, -0.15) is 0 Å². The van der Waals surface area contributed by atoms with Gasteiger partial charge in [-0.1, -0.05) is 13.8 Å². The summed E-state index contributed by atoms with van der Waals surface area (Å²) in [4.78, 5) is 17.8. The zero-order valence-corrected chi connectivity index (χ0v) is 14.0. The summed E-state index contributed by atoms with van der Waals surface area (Å²) in [5.74, 6) is -0.0229. The van der Waals surface area contributed by atoms with Crippen LogP contribution in [0, 0.1) is 19.8 Å². The first-order chi connectivity index (χ1) is 9.97. The first-order valence-electron chi connectivity index (χ1n) is 7.45. The summed E-state index contributed by atoms with van der Waals surface area (Å²) >= 11 is 1.49. The molecule has 2 heterocycles. The number of hydrogen-bond donors (Lipinski definition) is 1. The third kappa shape index (κ3) is 4.49. The highest BCUT2D eigenvalue weighted by atomic mass is 32.1. The molecule has 1 amide bonds. The number of rotatable bonds is 6. The number of thiazole rings is 1. The van der Waals surface area contributed by atoms with E-state index >= 15 is 0 Å². The summed E-state index contributed by atoms with van der Waals surface area (Å²) in [6.07, 6.45) is 1.74. The summed E-state index contributed by atoms with van der Waals surface area (Å²) in [7, 11) is 0. The highest BCUT2D eigenvalue weighted by Gasteiger charge is 2.26. The second kappa shape index (κ2) is 7.33. The zero-order valence-electron chi connectivity index (χ0n) is 13.1. The smallest absolute Gasteiger partial charge is 0.255 e. The van der Waals surface area contributed by atoms with Gasteiger partial charge in [-0.25, -0.2) is 4.98 Å². The molecule has 0 spiro atoms. The Morgan fingerprint density at radius 1 is 1.52 bits per heavy atom. The monoisotopic (exact) mass is 312 g/mol. The van der Waals surface area contributed by atoms with Gasteiger partial charge in [-0.3, -0.25) is 10.1 Å². The van der Waals surface area contributed by atoms with Gasteiger partial charge >= 0.3 is 0 Å². The SMILES string of the molecule is Cc1nc(NC(=O)[C@H](OC[C@H]2CCCO2)C(C)C)sc1C. The van der Waals surface area contributed by atoms with Crippen molar-refractivity contribution in [2.45, 2.75) is 52.7 Å². The lowest BCUT2D eigenvalue weighted by atomic mass is 10.1. The van der Waals surface area contributed by atoms with E-state index in [-0.39, 0.29) is 17.9 Å². The first-order valence-corrected chi connectivity index (χ1v) is 8.27. The maximum absolute atomic E-state index is 12.4. The van der Waals surface area contributed by atoms with E-state index in [0.29, 0.717) is 11.7 Å². The molecule has 1 N–H and O–H groups in total. The zero-order chi connectivity index (χ0) is 15.4. The predicted molar refractivity (Wildman–Crippen MR) is 83.8 cm³/mol. The Hall–Kier alpha value is -0.980. The quantitative estimate of drug-likeness (QED) is 0.877. The van der Waals surface area contributed by atoms with Crippen LogP contribution in [-0.2, 0) is 14.3 Å². The van der Waals surface area contributed by atoms with E-state index < -0.39 is 6.10 Å². The lowest BCUT2D eigenvalue weighted by molar-refractivity contribution is -0.132. The minimum Gasteiger partial charge on any atom is -0.376 e. The van der Waals surface area contributed by atoms with Crippen LogP contribution in [-0.4, -0.2) is 36.3 Å². The molecule has 2 rings (SSSR count). The number of nitrogens with one attached hydrogen (secondary N) is 1. The van der Waals surface area contributed by atoms with Crippen molar-refractivity contribution in [3.05, 3.63) is 10.6 Å². The molecule has 0 saturated carbocycles. The average molecular weight is 312 g/mol. The molecule has 6 heteroatoms. The van der Waals surface area contributed by atoms with E-state index in [9.17, 15) is 4.79 Å². The van der Waals surface area contributed by atoms with Crippen LogP contribution in [0.3, 0.4) is 0 Å². The normalized spacial score (nSPS) is 20.0. The van der Waals surface area contributed by atoms with Crippen LogP contribution in [0.5, 0.6) is 0 Å². The van der Waals surface area contributed by atoms with Gasteiger partial charge in [-0.15, -0.1) is 11.3 Å². The molecule has 0 radical (unpaired) electrons. The molecular formula is C15H24N2O3S. The minimum atomic E-state index is -0.473. The fourth-order valence-electron chi connectivity index (χ4n) is 2.26. The number of aromatic nitrogens is 1. The number of nitrogens with zero attached hydrogens (tertiary/aromatic N) is 1. The lowest BCUT2D eigenvalue weighted by Crippen LogP contribution is -2.36. The first kappa shape index (κ1) is 16.4. The molecule has 1 saturated heterocycles. The fraction of sp³-hybridized carbons (Fsp3) is 0.733. The Labute approximate surface area is 130 Å². The van der Waals surface area contributed by atoms with Crippen molar-refractivity contribution in [1.82, 2.24) is 4.98 Å². The number of carbonyl (C=O) groups is 1. The average Bonchev–Trinajstić information content (AvgIpc) is 3.00. The van der Waals surface area contributed by atoms with Gasteiger partial charge in [0, 0.05) is 11.5 Å². The van der Waals surface area contributed by atoms with Crippen molar-refractivity contribution in [3.8, 4) is 0 Å². The number of anilines is 1. The molecular weight excluding hydrogens is 288 g/mol. The van der Waals surface area contributed by atoms with Crippen molar-refractivity contribution in [3.63, 3.8) is 0 Å². The largest absolute Gasteiger partial charge is 0.376 e. The fourth-order valence-corrected chi connectivity index (χ4v) is 3.08. The van der Waals surface area contributed by atoms with E-state index in [4.69, 9.17) is 9.47 Å². The third-order valence-corrected chi connectivity index (χ3v) is 4.60. The molecule has 0 aliphatic carbocycles. The Balaban J connectivity index is 1.91. The molecule has 5 nitrogen and oxygen atoms in total. The van der Waals surface area contributed by atoms with Crippen molar-refractivity contribution in [1.29, 1.82) is 0 Å². The van der Waals surface area contributed by atoms with E-state index in [1.54, 1.807) is 0 Å². The maximum Gasteiger partial charge on any atom is 0.255 e. The summed E-state index contributed by atoms with van der Waals surface area (Å²) in [5, 5.41) is 3.50. The number of hydrogen-bond acceptors (Lipinski definition) is 5. The summed E-state index contributed by atoms with van der Waals surface area (Å²) in [5.41, 5.74) is 0.955. The van der Waals surface area contributed by atoms with Gasteiger partial charge in [0.05, 0.1) is 18.4 Å². The Morgan fingerprint density at radius 3 is 2.81 bits per heavy atom. The standard InChI is InChI=1S/C15H24N2O3S/c1-9(2)13(20-8-12-6-5-7-19-12)14(18)17-15-16-10(3)11(4)21-15/h9,12-13H,5-8H2,1-4H3,(H,16,17,18)/t12-,13-/m1/s1. The summed E-state index contributed by atoms with van der Waals surface area (Å²) < 4.78 is 11.3. The van der Waals surface area contributed by atoms with E-state index in [0.717, 1.165) is 30.0 Å². The summed E-state index contributed by atoms with van der Waals surface area (Å²) in [6.45, 7) is 9.18. The Morgan fingerprint density at radius 2 is 2.29 bits per heavy atom. The molecule has 2 atom stereocenters. The molecule has 0 aromatic carbocycles. The van der Waals surface area contributed by atoms with Gasteiger partial charge in [0.2, 0.25) is 0 Å². The molecule has 21 heavy (non-hydrogen) atoms. The molecule has 1 aromatic rings. The predicted octanol–water partition coefficient (Wildman–Crippen LogP) is 2.92. The van der Waals surface area contributed by atoms with Crippen molar-refractivity contribution < 1.29 is 14.3 Å². The molecule has 0 bridgehead atoms. The third-order valence-electron chi connectivity index (χ3n) is 3.61. The molecule has 1 aliphatic rings. The van der Waals surface area contributed by atoms with Crippen LogP contribution >= 0.6 is 11.3 Å². The number of ether oxygens (including phenoxy) is 2. The number of carbonyl (C=O) groups excluding carboxylic acids is 1. The molecule has 118 valence electrons. The van der Waals surface area contributed by atoms with E-state index in [1.807, 2.05) is 27.7 Å². The lowest BCUT2D eigenvalue weighted by Gasteiger charge is -2.22. The molecule has 1 fully saturated rings. The van der Waals surface area contributed by atoms with Gasteiger partial charge in [0.15, 0.2) is 5.13 Å². The van der Waals surface area contributed by atoms with E-state index in [1.165, 1.54) is 11.3 Å². The van der Waals surface area contributed by atoms with Crippen molar-refractivity contribution >= 4 is 22.4 Å². The van der Waals surface area contributed by atoms with Crippen LogP contribution in [0.2, 0.25) is 0 Å². The highest BCUT2D eigenvalue weighted by Crippen LogP contribution is 2.22. The van der Waals surface area contributed by atoms with Crippen molar-refractivity contribution in [2.75, 3.05) is 18.5 Å². The molecule has 1 aliphatic heterocycles. The topological polar surface area (TPSA) is 60.5 Å². The molecule has 0 unspecified atom stereocenters. The van der Waals surface area contributed by atoms with Crippen LogP contribution in [0.25, 0.3) is 0 Å². The van der Waals surface area contributed by atoms with Crippen LogP contribution in [0.15, 0.2) is 0 Å². The van der Waals surface area contributed by atoms with Gasteiger partial charge in [0.1, 0.15) is 6.10 Å². The van der Waals surface area contributed by atoms with Gasteiger partial charge < -0.3 is 9.47 Å².